The van der Waals surface area contributed by atoms with E-state index in [1.165, 1.54) is 12.1 Å². The van der Waals surface area contributed by atoms with Gasteiger partial charge in [-0.25, -0.2) is 14.2 Å². The fourth-order valence-electron chi connectivity index (χ4n) is 2.59. The van der Waals surface area contributed by atoms with Crippen molar-refractivity contribution in [2.24, 2.45) is 0 Å². The van der Waals surface area contributed by atoms with E-state index in [-0.39, 0.29) is 16.9 Å². The third-order valence-corrected chi connectivity index (χ3v) is 4.19. The Morgan fingerprint density at radius 3 is 2.73 bits per heavy atom. The molecule has 3 aromatic rings. The van der Waals surface area contributed by atoms with E-state index >= 15 is 0 Å². The number of hydrogen-bond donors (Lipinski definition) is 2. The SMILES string of the molecule is Cc1nc2cc(Cl)c(C(C)Oc3ccc(C(=O)O)cc3F)cc2c(=O)[nH]1. The predicted octanol–water partition coefficient (Wildman–Crippen LogP) is 3.86. The molecule has 6 nitrogen and oxygen atoms in total. The Kier molecular flexibility index (Phi) is 4.65. The van der Waals surface area contributed by atoms with E-state index in [0.29, 0.717) is 27.3 Å². The number of hydrogen-bond acceptors (Lipinski definition) is 4. The van der Waals surface area contributed by atoms with Gasteiger partial charge in [0.2, 0.25) is 0 Å². The van der Waals surface area contributed by atoms with E-state index < -0.39 is 17.9 Å². The summed E-state index contributed by atoms with van der Waals surface area (Å²) in [6, 6.07) is 6.47. The van der Waals surface area contributed by atoms with Crippen LogP contribution >= 0.6 is 11.6 Å². The lowest BCUT2D eigenvalue weighted by atomic mass is 10.1. The molecule has 3 rings (SSSR count). The van der Waals surface area contributed by atoms with Gasteiger partial charge in [-0.3, -0.25) is 4.79 Å². The van der Waals surface area contributed by atoms with E-state index in [1.807, 2.05) is 0 Å². The molecule has 1 atom stereocenters. The number of nitrogens with one attached hydrogen (secondary N) is 1. The number of aromatic amines is 1. The average Bonchev–Trinajstić information content (AvgIpc) is 2.55. The zero-order valence-electron chi connectivity index (χ0n) is 13.8. The van der Waals surface area contributed by atoms with Crippen LogP contribution in [0.25, 0.3) is 10.9 Å². The summed E-state index contributed by atoms with van der Waals surface area (Å²) in [6.45, 7) is 3.31. The van der Waals surface area contributed by atoms with Crippen LogP contribution in [0.3, 0.4) is 0 Å². The molecule has 0 aliphatic rings. The number of aromatic carboxylic acids is 1. The molecule has 0 aliphatic carbocycles. The molecular weight excluding hydrogens is 363 g/mol. The molecule has 0 radical (unpaired) electrons. The summed E-state index contributed by atoms with van der Waals surface area (Å²) in [7, 11) is 0. The number of rotatable bonds is 4. The molecule has 0 saturated heterocycles. The third kappa shape index (κ3) is 3.39. The Balaban J connectivity index is 1.97. The highest BCUT2D eigenvalue weighted by Gasteiger charge is 2.17. The fourth-order valence-corrected chi connectivity index (χ4v) is 2.90. The van der Waals surface area contributed by atoms with E-state index in [9.17, 15) is 14.0 Å². The van der Waals surface area contributed by atoms with Crippen molar-refractivity contribution in [2.75, 3.05) is 0 Å². The summed E-state index contributed by atoms with van der Waals surface area (Å²) in [5.41, 5.74) is 0.440. The first-order valence-electron chi connectivity index (χ1n) is 7.66. The van der Waals surface area contributed by atoms with Crippen molar-refractivity contribution in [3.05, 3.63) is 68.5 Å². The zero-order valence-corrected chi connectivity index (χ0v) is 14.6. The number of fused-ring (bicyclic) bond motifs is 1. The minimum atomic E-state index is -1.23. The van der Waals surface area contributed by atoms with Gasteiger partial charge >= 0.3 is 5.97 Å². The molecule has 1 aromatic heterocycles. The number of carboxylic acid groups (broad SMARTS) is 1. The van der Waals surface area contributed by atoms with E-state index in [0.717, 1.165) is 6.07 Å². The first-order chi connectivity index (χ1) is 12.3. The van der Waals surface area contributed by atoms with Gasteiger partial charge in [0.25, 0.3) is 5.56 Å². The molecule has 0 amide bonds. The van der Waals surface area contributed by atoms with Crippen molar-refractivity contribution < 1.29 is 19.0 Å². The number of aryl methyl sites for hydroxylation is 1. The Bertz CT molecular complexity index is 1080. The largest absolute Gasteiger partial charge is 0.483 e. The van der Waals surface area contributed by atoms with Crippen molar-refractivity contribution in [1.82, 2.24) is 9.97 Å². The molecule has 0 bridgehead atoms. The molecule has 1 heterocycles. The van der Waals surface area contributed by atoms with Crippen LogP contribution in [0.4, 0.5) is 4.39 Å². The lowest BCUT2D eigenvalue weighted by Crippen LogP contribution is -2.12. The smallest absolute Gasteiger partial charge is 0.335 e. The van der Waals surface area contributed by atoms with Gasteiger partial charge in [-0.15, -0.1) is 0 Å². The third-order valence-electron chi connectivity index (χ3n) is 3.86. The quantitative estimate of drug-likeness (QED) is 0.721. The minimum absolute atomic E-state index is 0.116. The lowest BCUT2D eigenvalue weighted by Gasteiger charge is -2.17. The lowest BCUT2D eigenvalue weighted by molar-refractivity contribution is 0.0696. The predicted molar refractivity (Wildman–Crippen MR) is 94.5 cm³/mol. The molecule has 8 heteroatoms. The molecule has 26 heavy (non-hydrogen) atoms. The van der Waals surface area contributed by atoms with E-state index in [1.54, 1.807) is 26.0 Å². The Hall–Kier alpha value is -2.93. The number of aromatic nitrogens is 2. The molecule has 0 aliphatic heterocycles. The maximum Gasteiger partial charge on any atom is 0.335 e. The van der Waals surface area contributed by atoms with Gasteiger partial charge in [-0.2, -0.15) is 0 Å². The highest BCUT2D eigenvalue weighted by Crippen LogP contribution is 2.31. The zero-order chi connectivity index (χ0) is 19.0. The standard InChI is InChI=1S/C18H14ClFN2O4/c1-8(26-16-4-3-10(18(24)25)5-14(16)20)11-6-12-15(7-13(11)19)21-9(2)22-17(12)23/h3-8H,1-2H3,(H,24,25)(H,21,22,23). The monoisotopic (exact) mass is 376 g/mol. The average molecular weight is 377 g/mol. The fraction of sp³-hybridized carbons (Fsp3) is 0.167. The van der Waals surface area contributed by atoms with Crippen LogP contribution in [0.15, 0.2) is 35.1 Å². The number of halogens is 2. The summed E-state index contributed by atoms with van der Waals surface area (Å²) < 4.78 is 19.6. The van der Waals surface area contributed by atoms with Crippen LogP contribution in [0.5, 0.6) is 5.75 Å². The van der Waals surface area contributed by atoms with Crippen molar-refractivity contribution in [2.45, 2.75) is 20.0 Å². The van der Waals surface area contributed by atoms with Crippen molar-refractivity contribution >= 4 is 28.5 Å². The summed E-state index contributed by atoms with van der Waals surface area (Å²) in [5, 5.41) is 9.54. The number of ether oxygens (including phenoxy) is 1. The number of nitrogens with zero attached hydrogens (tertiary/aromatic N) is 1. The molecule has 2 N–H and O–H groups in total. The van der Waals surface area contributed by atoms with Gasteiger partial charge < -0.3 is 14.8 Å². The topological polar surface area (TPSA) is 92.3 Å². The second-order valence-corrected chi connectivity index (χ2v) is 6.16. The van der Waals surface area contributed by atoms with Crippen LogP contribution in [-0.2, 0) is 0 Å². The van der Waals surface area contributed by atoms with Crippen LogP contribution < -0.4 is 10.3 Å². The van der Waals surface area contributed by atoms with Gasteiger partial charge in [0, 0.05) is 10.6 Å². The first kappa shape index (κ1) is 17.9. The van der Waals surface area contributed by atoms with Gasteiger partial charge in [0.1, 0.15) is 11.9 Å². The normalized spacial score (nSPS) is 12.2. The summed E-state index contributed by atoms with van der Waals surface area (Å²) in [5.74, 6) is -1.68. The Morgan fingerprint density at radius 1 is 1.35 bits per heavy atom. The first-order valence-corrected chi connectivity index (χ1v) is 8.03. The van der Waals surface area contributed by atoms with Gasteiger partial charge in [-0.1, -0.05) is 11.6 Å². The van der Waals surface area contributed by atoms with Gasteiger partial charge in [0.15, 0.2) is 11.6 Å². The van der Waals surface area contributed by atoms with Crippen molar-refractivity contribution in [1.29, 1.82) is 0 Å². The molecule has 0 spiro atoms. The van der Waals surface area contributed by atoms with Crippen LogP contribution in [0.1, 0.15) is 34.8 Å². The molecule has 0 saturated carbocycles. The van der Waals surface area contributed by atoms with E-state index in [4.69, 9.17) is 21.4 Å². The molecule has 2 aromatic carbocycles. The second-order valence-electron chi connectivity index (χ2n) is 5.75. The summed E-state index contributed by atoms with van der Waals surface area (Å²) in [4.78, 5) is 29.8. The van der Waals surface area contributed by atoms with E-state index in [2.05, 4.69) is 9.97 Å². The summed E-state index contributed by atoms with van der Waals surface area (Å²) >= 11 is 6.27. The molecule has 0 fully saturated rings. The number of carbonyl (C=O) groups is 1. The molecule has 134 valence electrons. The van der Waals surface area contributed by atoms with Crippen LogP contribution in [-0.4, -0.2) is 21.0 Å². The number of benzene rings is 2. The molecule has 1 unspecified atom stereocenters. The number of H-pyrrole nitrogens is 1. The Morgan fingerprint density at radius 2 is 2.08 bits per heavy atom. The molecular formula is C18H14ClFN2O4. The highest BCUT2D eigenvalue weighted by molar-refractivity contribution is 6.32. The Labute approximate surface area is 152 Å². The van der Waals surface area contributed by atoms with Crippen molar-refractivity contribution in [3.63, 3.8) is 0 Å². The van der Waals surface area contributed by atoms with Crippen LogP contribution in [0, 0.1) is 12.7 Å². The minimum Gasteiger partial charge on any atom is -0.483 e. The second kappa shape index (κ2) is 6.76. The van der Waals surface area contributed by atoms with Gasteiger partial charge in [0.05, 0.1) is 16.5 Å². The van der Waals surface area contributed by atoms with Crippen LogP contribution in [0.2, 0.25) is 5.02 Å². The highest BCUT2D eigenvalue weighted by atomic mass is 35.5. The maximum atomic E-state index is 14.1. The number of carboxylic acids is 1. The summed E-state index contributed by atoms with van der Waals surface area (Å²) in [6.07, 6.45) is -0.683. The van der Waals surface area contributed by atoms with Crippen molar-refractivity contribution in [3.8, 4) is 5.75 Å². The van der Waals surface area contributed by atoms with Gasteiger partial charge in [-0.05, 0) is 44.2 Å². The maximum absolute atomic E-state index is 14.1.